The van der Waals surface area contributed by atoms with Crippen molar-refractivity contribution >= 4 is 18.2 Å². The number of hydrogen-bond donors (Lipinski definition) is 2. The van der Waals surface area contributed by atoms with Crippen molar-refractivity contribution in [2.75, 3.05) is 0 Å². The Morgan fingerprint density at radius 1 is 1.05 bits per heavy atom. The minimum absolute atomic E-state index is 0.0306. The van der Waals surface area contributed by atoms with E-state index in [2.05, 4.69) is 9.97 Å². The lowest BCUT2D eigenvalue weighted by molar-refractivity contribution is 0.0685. The maximum absolute atomic E-state index is 11.1. The maximum atomic E-state index is 11.1. The number of rotatable bonds is 4. The topological polar surface area (TPSA) is 117 Å². The summed E-state index contributed by atoms with van der Waals surface area (Å²) >= 11 is 0. The fourth-order valence-electron chi connectivity index (χ4n) is 1.68. The van der Waals surface area contributed by atoms with Gasteiger partial charge in [-0.2, -0.15) is 0 Å². The monoisotopic (exact) mass is 272 g/mol. The van der Waals surface area contributed by atoms with Gasteiger partial charge in [-0.25, -0.2) is 9.59 Å². The maximum Gasteiger partial charge on any atom is 0.336 e. The molecule has 0 saturated carbocycles. The molecule has 2 rings (SSSR count). The highest BCUT2D eigenvalue weighted by Gasteiger charge is 2.17. The third-order valence-corrected chi connectivity index (χ3v) is 2.59. The first-order valence-corrected chi connectivity index (χ1v) is 5.41. The van der Waals surface area contributed by atoms with Gasteiger partial charge in [0, 0.05) is 12.4 Å². The molecule has 100 valence electrons. The van der Waals surface area contributed by atoms with Gasteiger partial charge < -0.3 is 10.2 Å². The van der Waals surface area contributed by atoms with Gasteiger partial charge in [-0.15, -0.1) is 0 Å². The van der Waals surface area contributed by atoms with Crippen LogP contribution in [0.1, 0.15) is 31.1 Å². The van der Waals surface area contributed by atoms with Crippen LogP contribution in [0.4, 0.5) is 0 Å². The molecule has 0 atom stereocenters. The zero-order chi connectivity index (χ0) is 14.7. The van der Waals surface area contributed by atoms with E-state index in [0.29, 0.717) is 6.29 Å². The summed E-state index contributed by atoms with van der Waals surface area (Å²) in [5.74, 6) is -2.43. The molecule has 0 aliphatic heterocycles. The highest BCUT2D eigenvalue weighted by Crippen LogP contribution is 2.21. The van der Waals surface area contributed by atoms with Crippen LogP contribution in [-0.2, 0) is 0 Å². The molecular formula is C13H8N2O5. The Bertz CT molecular complexity index is 712. The molecule has 0 amide bonds. The smallest absolute Gasteiger partial charge is 0.336 e. The lowest BCUT2D eigenvalue weighted by Crippen LogP contribution is -2.06. The highest BCUT2D eigenvalue weighted by molar-refractivity contribution is 6.01. The molecule has 0 saturated heterocycles. The first kappa shape index (κ1) is 13.3. The van der Waals surface area contributed by atoms with Gasteiger partial charge in [0.25, 0.3) is 0 Å². The Morgan fingerprint density at radius 3 is 2.35 bits per heavy atom. The zero-order valence-electron chi connectivity index (χ0n) is 9.98. The molecule has 0 spiro atoms. The Balaban J connectivity index is 2.66. The Kier molecular flexibility index (Phi) is 3.52. The third-order valence-electron chi connectivity index (χ3n) is 2.59. The summed E-state index contributed by atoms with van der Waals surface area (Å²) in [6.07, 6.45) is 2.84. The van der Waals surface area contributed by atoms with Gasteiger partial charge in [0.15, 0.2) is 6.29 Å². The second kappa shape index (κ2) is 5.27. The zero-order valence-corrected chi connectivity index (χ0v) is 9.98. The van der Waals surface area contributed by atoms with Crippen LogP contribution >= 0.6 is 0 Å². The molecule has 2 aromatic heterocycles. The number of carboxylic acid groups (broad SMARTS) is 2. The van der Waals surface area contributed by atoms with Crippen molar-refractivity contribution in [3.05, 3.63) is 47.3 Å². The molecule has 0 aromatic carbocycles. The van der Waals surface area contributed by atoms with Gasteiger partial charge in [-0.05, 0) is 18.2 Å². The first-order valence-electron chi connectivity index (χ1n) is 5.41. The van der Waals surface area contributed by atoms with E-state index < -0.39 is 11.9 Å². The van der Waals surface area contributed by atoms with Crippen molar-refractivity contribution in [1.29, 1.82) is 0 Å². The second-order valence-corrected chi connectivity index (χ2v) is 3.78. The van der Waals surface area contributed by atoms with E-state index in [4.69, 9.17) is 10.2 Å². The molecule has 0 aliphatic carbocycles. The van der Waals surface area contributed by atoms with E-state index in [1.54, 1.807) is 0 Å². The number of aromatic carboxylic acids is 2. The summed E-state index contributed by atoms with van der Waals surface area (Å²) < 4.78 is 0. The Morgan fingerprint density at radius 2 is 1.75 bits per heavy atom. The largest absolute Gasteiger partial charge is 0.478 e. The molecule has 2 N–H and O–H groups in total. The lowest BCUT2D eigenvalue weighted by Gasteiger charge is -2.06. The van der Waals surface area contributed by atoms with Crippen molar-refractivity contribution < 1.29 is 24.6 Å². The normalized spacial score (nSPS) is 10.0. The summed E-state index contributed by atoms with van der Waals surface area (Å²) in [7, 11) is 0. The van der Waals surface area contributed by atoms with Crippen LogP contribution in [-0.4, -0.2) is 38.4 Å². The Labute approximate surface area is 112 Å². The number of carboxylic acids is 2. The fraction of sp³-hybridized carbons (Fsp3) is 0. The molecule has 2 aromatic rings. The van der Waals surface area contributed by atoms with E-state index >= 15 is 0 Å². The molecule has 0 aliphatic rings. The van der Waals surface area contributed by atoms with Crippen molar-refractivity contribution in [1.82, 2.24) is 9.97 Å². The number of carbonyl (C=O) groups is 3. The predicted octanol–water partition coefficient (Wildman–Crippen LogP) is 1.35. The molecule has 7 nitrogen and oxygen atoms in total. The average molecular weight is 272 g/mol. The van der Waals surface area contributed by atoms with Crippen LogP contribution in [0.5, 0.6) is 0 Å². The van der Waals surface area contributed by atoms with Crippen LogP contribution in [0.15, 0.2) is 30.6 Å². The molecule has 0 unspecified atom stereocenters. The number of aromatic nitrogens is 2. The van der Waals surface area contributed by atoms with E-state index in [0.717, 1.165) is 0 Å². The van der Waals surface area contributed by atoms with Gasteiger partial charge >= 0.3 is 11.9 Å². The van der Waals surface area contributed by atoms with Crippen molar-refractivity contribution in [3.63, 3.8) is 0 Å². The predicted molar refractivity (Wildman–Crippen MR) is 66.8 cm³/mol. The SMILES string of the molecule is O=Cc1c(C(=O)O)ccnc1-c1cc(C(=O)O)ccn1. The average Bonchev–Trinajstić information content (AvgIpc) is 2.46. The van der Waals surface area contributed by atoms with Gasteiger partial charge in [-0.1, -0.05) is 0 Å². The quantitative estimate of drug-likeness (QED) is 0.806. The van der Waals surface area contributed by atoms with E-state index in [9.17, 15) is 14.4 Å². The fourth-order valence-corrected chi connectivity index (χ4v) is 1.68. The summed E-state index contributed by atoms with van der Waals surface area (Å²) in [5.41, 5.74) is -0.241. The molecule has 7 heteroatoms. The van der Waals surface area contributed by atoms with E-state index in [1.807, 2.05) is 0 Å². The van der Waals surface area contributed by atoms with Crippen LogP contribution in [0.3, 0.4) is 0 Å². The van der Waals surface area contributed by atoms with Crippen molar-refractivity contribution in [2.24, 2.45) is 0 Å². The molecule has 20 heavy (non-hydrogen) atoms. The van der Waals surface area contributed by atoms with Crippen molar-refractivity contribution in [2.45, 2.75) is 0 Å². The standard InChI is InChI=1S/C13H8N2O5/c16-6-9-8(13(19)20)2-4-15-11(9)10-5-7(12(17)18)1-3-14-10/h1-6H,(H,17,18)(H,19,20). The number of pyridine rings is 2. The van der Waals surface area contributed by atoms with Gasteiger partial charge in [0.1, 0.15) is 0 Å². The Hall–Kier alpha value is -3.09. The van der Waals surface area contributed by atoms with E-state index in [-0.39, 0.29) is 28.1 Å². The van der Waals surface area contributed by atoms with Crippen LogP contribution in [0.2, 0.25) is 0 Å². The summed E-state index contributed by atoms with van der Waals surface area (Å²) in [5, 5.41) is 17.9. The minimum atomic E-state index is -1.27. The van der Waals surface area contributed by atoms with Gasteiger partial charge in [-0.3, -0.25) is 14.8 Å². The number of hydrogen-bond acceptors (Lipinski definition) is 5. The van der Waals surface area contributed by atoms with Crippen LogP contribution < -0.4 is 0 Å². The van der Waals surface area contributed by atoms with Crippen molar-refractivity contribution in [3.8, 4) is 11.4 Å². The van der Waals surface area contributed by atoms with Gasteiger partial charge in [0.05, 0.1) is 28.1 Å². The molecule has 0 fully saturated rings. The number of aldehydes is 1. The summed E-state index contributed by atoms with van der Waals surface area (Å²) in [6.45, 7) is 0. The number of nitrogens with zero attached hydrogens (tertiary/aromatic N) is 2. The lowest BCUT2D eigenvalue weighted by atomic mass is 10.0. The molecule has 2 heterocycles. The van der Waals surface area contributed by atoms with Crippen LogP contribution in [0.25, 0.3) is 11.4 Å². The minimum Gasteiger partial charge on any atom is -0.478 e. The highest BCUT2D eigenvalue weighted by atomic mass is 16.4. The second-order valence-electron chi connectivity index (χ2n) is 3.78. The number of carbonyl (C=O) groups excluding carboxylic acids is 1. The molecule has 0 radical (unpaired) electrons. The molecule has 0 bridgehead atoms. The summed E-state index contributed by atoms with van der Waals surface area (Å²) in [4.78, 5) is 40.9. The first-order chi connectivity index (χ1) is 9.54. The molecular weight excluding hydrogens is 264 g/mol. The van der Waals surface area contributed by atoms with Gasteiger partial charge in [0.2, 0.25) is 0 Å². The van der Waals surface area contributed by atoms with E-state index in [1.165, 1.54) is 30.6 Å². The summed E-state index contributed by atoms with van der Waals surface area (Å²) in [6, 6.07) is 3.70. The van der Waals surface area contributed by atoms with Crippen LogP contribution in [0, 0.1) is 0 Å². The third kappa shape index (κ3) is 2.37.